The molecule has 3 N–H and O–H groups in total. The van der Waals surface area contributed by atoms with Crippen molar-refractivity contribution in [2.75, 3.05) is 10.6 Å². The van der Waals surface area contributed by atoms with Crippen LogP contribution in [-0.4, -0.2) is 16.9 Å². The zero-order valence-electron chi connectivity index (χ0n) is 12.0. The van der Waals surface area contributed by atoms with Crippen molar-refractivity contribution < 1.29 is 9.59 Å². The van der Waals surface area contributed by atoms with Gasteiger partial charge in [-0.2, -0.15) is 0 Å². The Morgan fingerprint density at radius 1 is 1.00 bits per heavy atom. The van der Waals surface area contributed by atoms with Crippen LogP contribution in [0.5, 0.6) is 0 Å². The minimum atomic E-state index is -0.499. The molecule has 2 amide bonds. The molecule has 6 heteroatoms. The molecule has 0 radical (unpaired) electrons. The number of rotatable bonds is 2. The molecule has 1 aromatic carbocycles. The maximum Gasteiger partial charge on any atom is 0.231 e. The number of nitrogens with one attached hydrogen (secondary N) is 3. The number of hydrogen-bond donors (Lipinski definition) is 3. The maximum atomic E-state index is 11.8. The highest BCUT2D eigenvalue weighted by atomic mass is 32.1. The van der Waals surface area contributed by atoms with Crippen molar-refractivity contribution in [3.05, 3.63) is 24.3 Å². The molecule has 108 valence electrons. The van der Waals surface area contributed by atoms with E-state index in [-0.39, 0.29) is 16.9 Å². The van der Waals surface area contributed by atoms with Gasteiger partial charge in [-0.25, -0.2) is 0 Å². The van der Waals surface area contributed by atoms with Gasteiger partial charge in [-0.15, -0.1) is 0 Å². The highest BCUT2D eigenvalue weighted by Crippen LogP contribution is 2.15. The van der Waals surface area contributed by atoms with Crippen LogP contribution in [0.15, 0.2) is 24.3 Å². The number of carbonyl (C=O) groups is 2. The van der Waals surface area contributed by atoms with E-state index in [0.29, 0.717) is 5.69 Å². The quantitative estimate of drug-likeness (QED) is 0.733. The Kier molecular flexibility index (Phi) is 5.21. The van der Waals surface area contributed by atoms with Crippen molar-refractivity contribution >= 4 is 40.5 Å². The van der Waals surface area contributed by atoms with Gasteiger partial charge in [0.25, 0.3) is 0 Å². The molecule has 20 heavy (non-hydrogen) atoms. The maximum absolute atomic E-state index is 11.8. The standard InChI is InChI=1S/C14H19N3O2S/c1-9(18)15-10-5-7-11(8-6-10)16-13(20)17-12(19)14(2,3)4/h5-8H,1-4H3,(H,15,18)(H2,16,17,19,20). The van der Waals surface area contributed by atoms with Crippen LogP contribution in [0.1, 0.15) is 27.7 Å². The summed E-state index contributed by atoms with van der Waals surface area (Å²) < 4.78 is 0. The van der Waals surface area contributed by atoms with Crippen molar-refractivity contribution in [3.63, 3.8) is 0 Å². The Balaban J connectivity index is 2.58. The van der Waals surface area contributed by atoms with E-state index in [1.54, 1.807) is 24.3 Å². The number of carbonyl (C=O) groups excluding carboxylic acids is 2. The van der Waals surface area contributed by atoms with Crippen molar-refractivity contribution in [1.82, 2.24) is 5.32 Å². The van der Waals surface area contributed by atoms with Gasteiger partial charge in [0, 0.05) is 23.7 Å². The van der Waals surface area contributed by atoms with E-state index in [9.17, 15) is 9.59 Å². The molecule has 0 aliphatic heterocycles. The molecule has 0 aliphatic carbocycles. The van der Waals surface area contributed by atoms with E-state index in [2.05, 4.69) is 16.0 Å². The smallest absolute Gasteiger partial charge is 0.231 e. The molecular formula is C14H19N3O2S. The van der Waals surface area contributed by atoms with Crippen LogP contribution in [0, 0.1) is 5.41 Å². The Bertz CT molecular complexity index is 518. The second kappa shape index (κ2) is 6.47. The molecule has 0 saturated heterocycles. The van der Waals surface area contributed by atoms with Crippen LogP contribution in [0.2, 0.25) is 0 Å². The fraction of sp³-hybridized carbons (Fsp3) is 0.357. The molecule has 0 aliphatic rings. The summed E-state index contributed by atoms with van der Waals surface area (Å²) in [4.78, 5) is 22.7. The van der Waals surface area contributed by atoms with Gasteiger partial charge in [-0.3, -0.25) is 9.59 Å². The van der Waals surface area contributed by atoms with Gasteiger partial charge in [0.05, 0.1) is 0 Å². The monoisotopic (exact) mass is 293 g/mol. The van der Waals surface area contributed by atoms with Crippen LogP contribution in [0.4, 0.5) is 11.4 Å². The van der Waals surface area contributed by atoms with Gasteiger partial charge < -0.3 is 16.0 Å². The summed E-state index contributed by atoms with van der Waals surface area (Å²) in [6.45, 7) is 6.89. The molecule has 1 rings (SSSR count). The Hall–Kier alpha value is -1.95. The molecule has 0 aromatic heterocycles. The van der Waals surface area contributed by atoms with E-state index < -0.39 is 5.41 Å². The van der Waals surface area contributed by atoms with E-state index in [4.69, 9.17) is 12.2 Å². The van der Waals surface area contributed by atoms with Crippen LogP contribution in [0.3, 0.4) is 0 Å². The molecule has 1 aromatic rings. The first-order valence-corrected chi connectivity index (χ1v) is 6.59. The summed E-state index contributed by atoms with van der Waals surface area (Å²) in [5.74, 6) is -0.275. The average Bonchev–Trinajstić information content (AvgIpc) is 2.29. The highest BCUT2D eigenvalue weighted by Gasteiger charge is 2.21. The number of amides is 2. The van der Waals surface area contributed by atoms with Gasteiger partial charge in [0.1, 0.15) is 0 Å². The predicted octanol–water partition coefficient (Wildman–Crippen LogP) is 2.50. The molecule has 0 heterocycles. The molecule has 0 saturated carbocycles. The van der Waals surface area contributed by atoms with Gasteiger partial charge in [0.15, 0.2) is 5.11 Å². The molecule has 0 atom stereocenters. The topological polar surface area (TPSA) is 70.2 Å². The Morgan fingerprint density at radius 2 is 1.45 bits per heavy atom. The first-order valence-electron chi connectivity index (χ1n) is 6.18. The van der Waals surface area contributed by atoms with E-state index in [1.165, 1.54) is 6.92 Å². The third-order valence-electron chi connectivity index (χ3n) is 2.37. The average molecular weight is 293 g/mol. The van der Waals surface area contributed by atoms with E-state index in [1.807, 2.05) is 20.8 Å². The zero-order valence-corrected chi connectivity index (χ0v) is 12.9. The van der Waals surface area contributed by atoms with Crippen molar-refractivity contribution in [2.45, 2.75) is 27.7 Å². The summed E-state index contributed by atoms with van der Waals surface area (Å²) >= 11 is 5.07. The SMILES string of the molecule is CC(=O)Nc1ccc(NC(=S)NC(=O)C(C)(C)C)cc1. The van der Waals surface area contributed by atoms with Crippen molar-refractivity contribution in [2.24, 2.45) is 5.41 Å². The first-order chi connectivity index (χ1) is 9.18. The summed E-state index contributed by atoms with van der Waals surface area (Å²) in [6, 6.07) is 7.03. The lowest BCUT2D eigenvalue weighted by Crippen LogP contribution is -2.41. The van der Waals surface area contributed by atoms with Crippen LogP contribution < -0.4 is 16.0 Å². The number of thiocarbonyl (C=S) groups is 1. The van der Waals surface area contributed by atoms with Gasteiger partial charge >= 0.3 is 0 Å². The van der Waals surface area contributed by atoms with Gasteiger partial charge in [0.2, 0.25) is 11.8 Å². The Labute approximate surface area is 124 Å². The molecule has 5 nitrogen and oxygen atoms in total. The van der Waals surface area contributed by atoms with E-state index in [0.717, 1.165) is 5.69 Å². The second-order valence-corrected chi connectivity index (χ2v) is 5.83. The van der Waals surface area contributed by atoms with Crippen LogP contribution >= 0.6 is 12.2 Å². The number of hydrogen-bond acceptors (Lipinski definition) is 3. The second-order valence-electron chi connectivity index (χ2n) is 5.42. The third kappa shape index (κ3) is 5.36. The van der Waals surface area contributed by atoms with E-state index >= 15 is 0 Å². The first kappa shape index (κ1) is 16.1. The molecule has 0 bridgehead atoms. The van der Waals surface area contributed by atoms with Crippen molar-refractivity contribution in [3.8, 4) is 0 Å². The largest absolute Gasteiger partial charge is 0.332 e. The lowest BCUT2D eigenvalue weighted by Gasteiger charge is -2.18. The number of benzene rings is 1. The minimum absolute atomic E-state index is 0.126. The summed E-state index contributed by atoms with van der Waals surface area (Å²) in [7, 11) is 0. The fourth-order valence-electron chi connectivity index (χ4n) is 1.29. The zero-order chi connectivity index (χ0) is 15.3. The Morgan fingerprint density at radius 3 is 1.85 bits per heavy atom. The summed E-state index contributed by atoms with van der Waals surface area (Å²) in [6.07, 6.45) is 0. The summed E-state index contributed by atoms with van der Waals surface area (Å²) in [5, 5.41) is 8.45. The van der Waals surface area contributed by atoms with Crippen molar-refractivity contribution in [1.29, 1.82) is 0 Å². The van der Waals surface area contributed by atoms with Crippen LogP contribution in [-0.2, 0) is 9.59 Å². The van der Waals surface area contributed by atoms with Gasteiger partial charge in [-0.1, -0.05) is 20.8 Å². The predicted molar refractivity (Wildman–Crippen MR) is 84.6 cm³/mol. The lowest BCUT2D eigenvalue weighted by atomic mass is 9.96. The van der Waals surface area contributed by atoms with Gasteiger partial charge in [-0.05, 0) is 36.5 Å². The van der Waals surface area contributed by atoms with Crippen LogP contribution in [0.25, 0.3) is 0 Å². The fourth-order valence-corrected chi connectivity index (χ4v) is 1.50. The molecule has 0 spiro atoms. The normalized spacial score (nSPS) is 10.6. The molecule has 0 unspecified atom stereocenters. The molecule has 0 fully saturated rings. The third-order valence-corrected chi connectivity index (χ3v) is 2.58. The number of anilines is 2. The lowest BCUT2D eigenvalue weighted by molar-refractivity contribution is -0.126. The highest BCUT2D eigenvalue weighted by molar-refractivity contribution is 7.80. The summed E-state index contributed by atoms with van der Waals surface area (Å²) in [5.41, 5.74) is 0.937. The molecular weight excluding hydrogens is 274 g/mol. The minimum Gasteiger partial charge on any atom is -0.332 e.